The third-order valence-electron chi connectivity index (χ3n) is 3.03. The molecule has 0 saturated heterocycles. The zero-order chi connectivity index (χ0) is 14.3. The fourth-order valence-corrected chi connectivity index (χ4v) is 2.16. The minimum absolute atomic E-state index is 0.459. The second-order valence-corrected chi connectivity index (χ2v) is 5.32. The summed E-state index contributed by atoms with van der Waals surface area (Å²) in [6.07, 6.45) is 0. The normalized spacial score (nSPS) is 11.1. The molecular weight excluding hydrogens is 260 g/mol. The number of halogens is 1. The molecule has 0 spiro atoms. The van der Waals surface area contributed by atoms with Crippen LogP contribution in [-0.2, 0) is 11.3 Å². The Kier molecular flexibility index (Phi) is 7.21. The van der Waals surface area contributed by atoms with Gasteiger partial charge in [0.1, 0.15) is 0 Å². The van der Waals surface area contributed by atoms with E-state index in [9.17, 15) is 0 Å². The molecule has 0 amide bonds. The summed E-state index contributed by atoms with van der Waals surface area (Å²) in [5, 5.41) is 4.23. The number of likely N-dealkylation sites (N-methyl/N-ethyl adjacent to an activating group) is 1. The summed E-state index contributed by atoms with van der Waals surface area (Å²) in [6, 6.07) is 6.55. The van der Waals surface area contributed by atoms with E-state index < -0.39 is 0 Å². The Hall–Kier alpha value is -0.770. The predicted octanol–water partition coefficient (Wildman–Crippen LogP) is 3.31. The third kappa shape index (κ3) is 5.39. The van der Waals surface area contributed by atoms with Crippen LogP contribution in [0.5, 0.6) is 0 Å². The molecule has 0 aliphatic heterocycles. The van der Waals surface area contributed by atoms with E-state index in [4.69, 9.17) is 16.3 Å². The number of hydrogen-bond donors (Lipinski definition) is 1. The summed E-state index contributed by atoms with van der Waals surface area (Å²) in [5.41, 5.74) is 2.47. The van der Waals surface area contributed by atoms with Crippen LogP contribution in [0.15, 0.2) is 18.2 Å². The van der Waals surface area contributed by atoms with Gasteiger partial charge in [0.2, 0.25) is 0 Å². The van der Waals surface area contributed by atoms with Gasteiger partial charge in [-0.2, -0.15) is 0 Å². The monoisotopic (exact) mass is 284 g/mol. The molecule has 0 heterocycles. The number of hydrogen-bond acceptors (Lipinski definition) is 3. The Morgan fingerprint density at radius 1 is 1.37 bits per heavy atom. The molecule has 0 aromatic heterocycles. The molecule has 1 aromatic carbocycles. The van der Waals surface area contributed by atoms with Crippen molar-refractivity contribution in [3.05, 3.63) is 28.8 Å². The second kappa shape index (κ2) is 8.41. The Labute approximate surface area is 121 Å². The van der Waals surface area contributed by atoms with Crippen molar-refractivity contribution in [3.63, 3.8) is 0 Å². The van der Waals surface area contributed by atoms with Crippen LogP contribution in [0.25, 0.3) is 0 Å². The van der Waals surface area contributed by atoms with Gasteiger partial charge < -0.3 is 15.0 Å². The lowest BCUT2D eigenvalue weighted by molar-refractivity contribution is 0.205. The van der Waals surface area contributed by atoms with Crippen LogP contribution in [0.3, 0.4) is 0 Å². The number of nitrogens with one attached hydrogen (secondary N) is 1. The second-order valence-electron chi connectivity index (χ2n) is 4.88. The lowest BCUT2D eigenvalue weighted by Gasteiger charge is -2.26. The van der Waals surface area contributed by atoms with Gasteiger partial charge in [0.25, 0.3) is 0 Å². The molecule has 0 saturated carbocycles. The first-order chi connectivity index (χ1) is 9.08. The van der Waals surface area contributed by atoms with Crippen LogP contribution in [0.4, 0.5) is 5.69 Å². The molecule has 0 unspecified atom stereocenters. The van der Waals surface area contributed by atoms with E-state index >= 15 is 0 Å². The van der Waals surface area contributed by atoms with Crippen molar-refractivity contribution in [2.45, 2.75) is 33.4 Å². The van der Waals surface area contributed by atoms with Gasteiger partial charge >= 0.3 is 0 Å². The van der Waals surface area contributed by atoms with Gasteiger partial charge in [-0.1, -0.05) is 25.4 Å². The molecule has 1 aromatic rings. The van der Waals surface area contributed by atoms with Crippen LogP contribution in [0.1, 0.15) is 26.3 Å². The zero-order valence-electron chi connectivity index (χ0n) is 12.4. The number of anilines is 1. The molecule has 1 rings (SSSR count). The van der Waals surface area contributed by atoms with Crippen molar-refractivity contribution < 1.29 is 4.74 Å². The van der Waals surface area contributed by atoms with Gasteiger partial charge in [0, 0.05) is 43.5 Å². The number of nitrogens with zero attached hydrogens (tertiary/aromatic N) is 1. The minimum atomic E-state index is 0.459. The quantitative estimate of drug-likeness (QED) is 0.793. The zero-order valence-corrected chi connectivity index (χ0v) is 13.1. The molecule has 0 bridgehead atoms. The Balaban J connectivity index is 2.89. The van der Waals surface area contributed by atoms with Gasteiger partial charge in [0.15, 0.2) is 0 Å². The topological polar surface area (TPSA) is 24.5 Å². The largest absolute Gasteiger partial charge is 0.383 e. The molecule has 4 heteroatoms. The summed E-state index contributed by atoms with van der Waals surface area (Å²) < 4.78 is 5.17. The van der Waals surface area contributed by atoms with Crippen LogP contribution in [0.2, 0.25) is 5.02 Å². The maximum atomic E-state index is 6.11. The fourth-order valence-electron chi connectivity index (χ4n) is 1.97. The molecule has 0 radical (unpaired) electrons. The Bertz CT molecular complexity index is 382. The first kappa shape index (κ1) is 16.3. The highest BCUT2D eigenvalue weighted by Gasteiger charge is 2.10. The maximum Gasteiger partial charge on any atom is 0.0637 e. The Morgan fingerprint density at radius 2 is 2.11 bits per heavy atom. The van der Waals surface area contributed by atoms with E-state index in [1.807, 2.05) is 12.1 Å². The summed E-state index contributed by atoms with van der Waals surface area (Å²) in [4.78, 5) is 2.32. The van der Waals surface area contributed by atoms with E-state index in [2.05, 4.69) is 37.1 Å². The van der Waals surface area contributed by atoms with E-state index in [1.165, 1.54) is 11.3 Å². The summed E-state index contributed by atoms with van der Waals surface area (Å²) in [6.45, 7) is 9.86. The smallest absolute Gasteiger partial charge is 0.0637 e. The van der Waals surface area contributed by atoms with Crippen LogP contribution in [-0.4, -0.2) is 32.8 Å². The van der Waals surface area contributed by atoms with Crippen molar-refractivity contribution in [3.8, 4) is 0 Å². The lowest BCUT2D eigenvalue weighted by Crippen LogP contribution is -2.29. The van der Waals surface area contributed by atoms with E-state index in [0.29, 0.717) is 6.04 Å². The third-order valence-corrected chi connectivity index (χ3v) is 3.27. The highest BCUT2D eigenvalue weighted by atomic mass is 35.5. The van der Waals surface area contributed by atoms with Crippen LogP contribution in [0, 0.1) is 0 Å². The average Bonchev–Trinajstić information content (AvgIpc) is 2.38. The summed E-state index contributed by atoms with van der Waals surface area (Å²) in [5.74, 6) is 0. The number of rotatable bonds is 8. The van der Waals surface area contributed by atoms with E-state index in [1.54, 1.807) is 7.11 Å². The summed E-state index contributed by atoms with van der Waals surface area (Å²) in [7, 11) is 1.73. The van der Waals surface area contributed by atoms with Crippen molar-refractivity contribution in [1.82, 2.24) is 5.32 Å². The predicted molar refractivity (Wildman–Crippen MR) is 83.2 cm³/mol. The number of benzene rings is 1. The highest BCUT2D eigenvalue weighted by Crippen LogP contribution is 2.24. The van der Waals surface area contributed by atoms with Crippen molar-refractivity contribution in [2.75, 3.05) is 31.7 Å². The van der Waals surface area contributed by atoms with Crippen LogP contribution >= 0.6 is 11.6 Å². The van der Waals surface area contributed by atoms with Crippen molar-refractivity contribution >= 4 is 17.3 Å². The molecule has 0 atom stereocenters. The SMILES string of the molecule is CCN(CCOC)c1ccc(Cl)cc1CNC(C)C. The molecule has 0 aliphatic carbocycles. The summed E-state index contributed by atoms with van der Waals surface area (Å²) >= 11 is 6.11. The molecule has 19 heavy (non-hydrogen) atoms. The fraction of sp³-hybridized carbons (Fsp3) is 0.600. The minimum Gasteiger partial charge on any atom is -0.383 e. The van der Waals surface area contributed by atoms with Gasteiger partial charge in [0.05, 0.1) is 6.61 Å². The molecular formula is C15H25ClN2O. The molecule has 3 nitrogen and oxygen atoms in total. The first-order valence-corrected chi connectivity index (χ1v) is 7.22. The maximum absolute atomic E-state index is 6.11. The van der Waals surface area contributed by atoms with Gasteiger partial charge in [-0.05, 0) is 30.7 Å². The Morgan fingerprint density at radius 3 is 2.68 bits per heavy atom. The van der Waals surface area contributed by atoms with Gasteiger partial charge in [-0.25, -0.2) is 0 Å². The molecule has 1 N–H and O–H groups in total. The molecule has 108 valence electrons. The molecule has 0 aliphatic rings. The molecule has 0 fully saturated rings. The van der Waals surface area contributed by atoms with Crippen molar-refractivity contribution in [1.29, 1.82) is 0 Å². The van der Waals surface area contributed by atoms with Gasteiger partial charge in [-0.3, -0.25) is 0 Å². The lowest BCUT2D eigenvalue weighted by atomic mass is 10.1. The highest BCUT2D eigenvalue weighted by molar-refractivity contribution is 6.30. The van der Waals surface area contributed by atoms with E-state index in [-0.39, 0.29) is 0 Å². The van der Waals surface area contributed by atoms with E-state index in [0.717, 1.165) is 31.3 Å². The van der Waals surface area contributed by atoms with Crippen molar-refractivity contribution in [2.24, 2.45) is 0 Å². The number of ether oxygens (including phenoxy) is 1. The first-order valence-electron chi connectivity index (χ1n) is 6.84. The van der Waals surface area contributed by atoms with Gasteiger partial charge in [-0.15, -0.1) is 0 Å². The van der Waals surface area contributed by atoms with Crippen LogP contribution < -0.4 is 10.2 Å². The standard InChI is InChI=1S/C15H25ClN2O/c1-5-18(8-9-19-4)15-7-6-14(16)10-13(15)11-17-12(2)3/h6-7,10,12,17H,5,8-9,11H2,1-4H3. The number of methoxy groups -OCH3 is 1. The average molecular weight is 285 g/mol.